The highest BCUT2D eigenvalue weighted by Crippen LogP contribution is 2.47. The lowest BCUT2D eigenvalue weighted by atomic mass is 9.81. The number of alkyl halides is 3. The smallest absolute Gasteiger partial charge is 0.424 e. The van der Waals surface area contributed by atoms with Gasteiger partial charge in [0.1, 0.15) is 40.6 Å². The summed E-state index contributed by atoms with van der Waals surface area (Å²) in [4.78, 5) is 33.1. The number of aliphatic hydroxyl groups is 1. The van der Waals surface area contributed by atoms with Crippen molar-refractivity contribution in [3.63, 3.8) is 0 Å². The van der Waals surface area contributed by atoms with Crippen molar-refractivity contribution < 1.29 is 37.0 Å². The Morgan fingerprint density at radius 2 is 1.90 bits per heavy atom. The number of amides is 2. The van der Waals surface area contributed by atoms with Crippen molar-refractivity contribution in [1.29, 1.82) is 0 Å². The number of carbonyl (C=O) groups excluding carboxylic acids is 2. The van der Waals surface area contributed by atoms with E-state index in [0.29, 0.717) is 5.65 Å². The molecule has 0 fully saturated rings. The fraction of sp³-hybridized carbons (Fsp3) is 0.231. The van der Waals surface area contributed by atoms with Crippen molar-refractivity contribution in [2.45, 2.75) is 24.1 Å². The number of fused-ring (bicyclic) bond motifs is 2. The Bertz CT molecular complexity index is 1570. The van der Waals surface area contributed by atoms with E-state index < -0.39 is 47.1 Å². The van der Waals surface area contributed by atoms with Gasteiger partial charge in [0.25, 0.3) is 5.91 Å². The topological polar surface area (TPSA) is 132 Å². The molecular formula is C26H21F4N5O4. The average molecular weight is 543 g/mol. The number of carbonyl (C=O) groups is 2. The molecule has 13 heteroatoms. The minimum atomic E-state index is -5.33. The third-order valence-electron chi connectivity index (χ3n) is 6.73. The fourth-order valence-corrected chi connectivity index (χ4v) is 4.28. The Hall–Kier alpha value is -4.52. The second-order valence-corrected chi connectivity index (χ2v) is 9.36. The summed E-state index contributed by atoms with van der Waals surface area (Å²) in [7, 11) is 0. The maximum atomic E-state index is 14.5. The molecule has 4 heterocycles. The number of primary amides is 1. The molecule has 5 rings (SSSR count). The molecule has 3 aromatic heterocycles. The normalized spacial score (nSPS) is 18.3. The Kier molecular flexibility index (Phi) is 6.06. The van der Waals surface area contributed by atoms with Gasteiger partial charge >= 0.3 is 6.18 Å². The molecule has 2 amide bonds. The Balaban J connectivity index is 1.59. The molecule has 2 atom stereocenters. The Morgan fingerprint density at radius 1 is 1.18 bits per heavy atom. The average Bonchev–Trinajstić information content (AvgIpc) is 3.49. The van der Waals surface area contributed by atoms with E-state index in [1.807, 2.05) is 0 Å². The standard InChI is InChI=1S/C26H21F4N5O4/c1-24(23(31)37)13-39-21-16(24)10-18(34-20(21)14-5-7-15(27)8-6-14)25(38,26(28,29)30)12-32-22(36)17-11-35-9-3-2-4-19(35)33-17/h2-11,38H,12-13H2,1H3,(H2,31,37)(H,32,36)/t24-,25?/m0/s1. The summed E-state index contributed by atoms with van der Waals surface area (Å²) in [6, 6.07) is 10.5. The number of pyridine rings is 2. The summed E-state index contributed by atoms with van der Waals surface area (Å²) in [5, 5.41) is 13.2. The molecule has 1 aliphatic rings. The van der Waals surface area contributed by atoms with Crippen LogP contribution in [0.5, 0.6) is 5.75 Å². The molecule has 0 spiro atoms. The van der Waals surface area contributed by atoms with Crippen LogP contribution in [0.3, 0.4) is 0 Å². The number of rotatable bonds is 6. The van der Waals surface area contributed by atoms with Crippen LogP contribution in [0.25, 0.3) is 16.9 Å². The fourth-order valence-electron chi connectivity index (χ4n) is 4.28. The van der Waals surface area contributed by atoms with E-state index in [2.05, 4.69) is 15.3 Å². The van der Waals surface area contributed by atoms with Crippen LogP contribution in [0.1, 0.15) is 28.7 Å². The van der Waals surface area contributed by atoms with Gasteiger partial charge in [-0.25, -0.2) is 14.4 Å². The maximum absolute atomic E-state index is 14.5. The van der Waals surface area contributed by atoms with Crippen molar-refractivity contribution in [3.8, 4) is 17.0 Å². The minimum absolute atomic E-state index is 0.0232. The maximum Gasteiger partial charge on any atom is 0.424 e. The molecule has 202 valence electrons. The number of benzene rings is 1. The predicted molar refractivity (Wildman–Crippen MR) is 129 cm³/mol. The number of hydrogen-bond donors (Lipinski definition) is 3. The lowest BCUT2D eigenvalue weighted by Crippen LogP contribution is -2.52. The number of ether oxygens (including phenoxy) is 1. The molecular weight excluding hydrogens is 522 g/mol. The summed E-state index contributed by atoms with van der Waals surface area (Å²) < 4.78 is 64.1. The van der Waals surface area contributed by atoms with Crippen LogP contribution in [0.15, 0.2) is 60.9 Å². The molecule has 1 aromatic carbocycles. The van der Waals surface area contributed by atoms with Crippen LogP contribution in [-0.4, -0.2) is 50.6 Å². The van der Waals surface area contributed by atoms with Gasteiger partial charge in [-0.3, -0.25) is 9.59 Å². The number of hydrogen-bond acceptors (Lipinski definition) is 6. The molecule has 4 aromatic rings. The molecule has 1 unspecified atom stereocenters. The van der Waals surface area contributed by atoms with Gasteiger partial charge in [0.2, 0.25) is 11.5 Å². The van der Waals surface area contributed by atoms with E-state index in [4.69, 9.17) is 10.5 Å². The van der Waals surface area contributed by atoms with Gasteiger partial charge in [0.05, 0.1) is 12.2 Å². The van der Waals surface area contributed by atoms with Gasteiger partial charge in [-0.15, -0.1) is 0 Å². The van der Waals surface area contributed by atoms with Crippen LogP contribution in [-0.2, 0) is 15.8 Å². The van der Waals surface area contributed by atoms with Crippen LogP contribution in [0.2, 0.25) is 0 Å². The van der Waals surface area contributed by atoms with Crippen LogP contribution >= 0.6 is 0 Å². The van der Waals surface area contributed by atoms with Gasteiger partial charge in [-0.05, 0) is 49.4 Å². The van der Waals surface area contributed by atoms with Crippen molar-refractivity contribution in [2.24, 2.45) is 5.73 Å². The highest BCUT2D eigenvalue weighted by Gasteiger charge is 2.57. The van der Waals surface area contributed by atoms with E-state index >= 15 is 0 Å². The first-order valence-corrected chi connectivity index (χ1v) is 11.6. The first kappa shape index (κ1) is 26.1. The highest BCUT2D eigenvalue weighted by molar-refractivity contribution is 5.93. The SMILES string of the molecule is C[C@]1(C(N)=O)COc2c1cc(C(O)(CNC(=O)c1cn3ccccc3n1)C(F)(F)F)nc2-c1ccc(F)cc1. The zero-order valence-corrected chi connectivity index (χ0v) is 20.3. The number of aromatic nitrogens is 3. The third kappa shape index (κ3) is 4.34. The number of halogens is 4. The van der Waals surface area contributed by atoms with E-state index in [0.717, 1.165) is 18.2 Å². The molecule has 1 aliphatic heterocycles. The van der Waals surface area contributed by atoms with Gasteiger partial charge in [-0.1, -0.05) is 6.07 Å². The molecule has 0 saturated heterocycles. The summed E-state index contributed by atoms with van der Waals surface area (Å²) >= 11 is 0. The summed E-state index contributed by atoms with van der Waals surface area (Å²) in [6.07, 6.45) is -2.40. The van der Waals surface area contributed by atoms with Crippen LogP contribution < -0.4 is 15.8 Å². The highest BCUT2D eigenvalue weighted by atomic mass is 19.4. The second kappa shape index (κ2) is 9.05. The largest absolute Gasteiger partial charge is 0.489 e. The lowest BCUT2D eigenvalue weighted by Gasteiger charge is -2.31. The van der Waals surface area contributed by atoms with Gasteiger partial charge in [0.15, 0.2) is 0 Å². The predicted octanol–water partition coefficient (Wildman–Crippen LogP) is 2.85. The monoisotopic (exact) mass is 543 g/mol. The van der Waals surface area contributed by atoms with Crippen molar-refractivity contribution in [1.82, 2.24) is 19.7 Å². The first-order valence-electron chi connectivity index (χ1n) is 11.6. The van der Waals surface area contributed by atoms with E-state index in [1.54, 1.807) is 24.4 Å². The summed E-state index contributed by atoms with van der Waals surface area (Å²) in [5.41, 5.74) is -0.419. The van der Waals surface area contributed by atoms with E-state index in [9.17, 15) is 32.3 Å². The minimum Gasteiger partial charge on any atom is -0.489 e. The Labute approximate surface area is 218 Å². The molecule has 0 saturated carbocycles. The summed E-state index contributed by atoms with van der Waals surface area (Å²) in [5.74, 6) is -2.47. The lowest BCUT2D eigenvalue weighted by molar-refractivity contribution is -0.265. The number of nitrogens with zero attached hydrogens (tertiary/aromatic N) is 3. The van der Waals surface area contributed by atoms with Crippen molar-refractivity contribution in [2.75, 3.05) is 13.2 Å². The molecule has 9 nitrogen and oxygen atoms in total. The first-order chi connectivity index (χ1) is 18.3. The Morgan fingerprint density at radius 3 is 2.54 bits per heavy atom. The van der Waals surface area contributed by atoms with Crippen LogP contribution in [0.4, 0.5) is 17.6 Å². The molecule has 0 bridgehead atoms. The second-order valence-electron chi connectivity index (χ2n) is 9.36. The van der Waals surface area contributed by atoms with Gasteiger partial charge in [0, 0.05) is 23.5 Å². The zero-order chi connectivity index (χ0) is 28.2. The molecule has 4 N–H and O–H groups in total. The molecule has 39 heavy (non-hydrogen) atoms. The van der Waals surface area contributed by atoms with E-state index in [-0.39, 0.29) is 34.9 Å². The van der Waals surface area contributed by atoms with Gasteiger partial charge in [-0.2, -0.15) is 13.2 Å². The quantitative estimate of drug-likeness (QED) is 0.321. The molecule has 0 aliphatic carbocycles. The molecule has 0 radical (unpaired) electrons. The van der Waals surface area contributed by atoms with Crippen LogP contribution in [0, 0.1) is 5.82 Å². The van der Waals surface area contributed by atoms with Crippen molar-refractivity contribution in [3.05, 3.63) is 83.7 Å². The number of imidazole rings is 1. The zero-order valence-electron chi connectivity index (χ0n) is 20.3. The number of nitrogens with two attached hydrogens (primary N) is 1. The summed E-state index contributed by atoms with van der Waals surface area (Å²) in [6.45, 7) is -0.227. The van der Waals surface area contributed by atoms with Gasteiger partial charge < -0.3 is 25.3 Å². The number of nitrogens with one attached hydrogen (secondary N) is 1. The van der Waals surface area contributed by atoms with E-state index in [1.165, 1.54) is 29.7 Å². The van der Waals surface area contributed by atoms with Crippen molar-refractivity contribution >= 4 is 17.5 Å². The third-order valence-corrected chi connectivity index (χ3v) is 6.73.